The maximum atomic E-state index is 5.51. The number of benzene rings is 1. The van der Waals surface area contributed by atoms with E-state index in [9.17, 15) is 0 Å². The molecule has 0 spiro atoms. The largest absolute Gasteiger partial charge is 0.383 e. The van der Waals surface area contributed by atoms with Crippen LogP contribution < -0.4 is 5.32 Å². The molecule has 0 saturated carbocycles. The van der Waals surface area contributed by atoms with Gasteiger partial charge in [0, 0.05) is 23.3 Å². The molecule has 3 heteroatoms. The molecule has 0 aliphatic rings. The van der Waals surface area contributed by atoms with Crippen LogP contribution in [0.2, 0.25) is 0 Å². The molecule has 1 N–H and O–H groups in total. The lowest BCUT2D eigenvalue weighted by atomic mass is 10.3. The van der Waals surface area contributed by atoms with Crippen molar-refractivity contribution >= 4 is 21.6 Å². The molecule has 0 heterocycles. The number of unbranched alkanes of at least 4 members (excludes halogenated alkanes) is 2. The summed E-state index contributed by atoms with van der Waals surface area (Å²) >= 11 is 3.44. The van der Waals surface area contributed by atoms with Crippen molar-refractivity contribution in [1.82, 2.24) is 0 Å². The van der Waals surface area contributed by atoms with Crippen LogP contribution in [0.1, 0.15) is 26.2 Å². The Balaban J connectivity index is 2.03. The van der Waals surface area contributed by atoms with Crippen molar-refractivity contribution in [2.24, 2.45) is 0 Å². The van der Waals surface area contributed by atoms with Gasteiger partial charge in [-0.15, -0.1) is 0 Å². The van der Waals surface area contributed by atoms with Gasteiger partial charge in [-0.05, 0) is 24.6 Å². The third-order valence-electron chi connectivity index (χ3n) is 2.29. The average molecular weight is 286 g/mol. The first-order chi connectivity index (χ1) is 7.83. The van der Waals surface area contributed by atoms with Gasteiger partial charge >= 0.3 is 0 Å². The van der Waals surface area contributed by atoms with Crippen molar-refractivity contribution in [1.29, 1.82) is 0 Å². The van der Waals surface area contributed by atoms with Gasteiger partial charge in [0.15, 0.2) is 0 Å². The Morgan fingerprint density at radius 1 is 1.25 bits per heavy atom. The molecule has 0 fully saturated rings. The van der Waals surface area contributed by atoms with Crippen LogP contribution in [-0.4, -0.2) is 19.8 Å². The van der Waals surface area contributed by atoms with E-state index in [0.717, 1.165) is 29.9 Å². The average Bonchev–Trinajstić information content (AvgIpc) is 2.28. The van der Waals surface area contributed by atoms with Gasteiger partial charge in [-0.1, -0.05) is 41.8 Å². The van der Waals surface area contributed by atoms with E-state index in [1.165, 1.54) is 19.3 Å². The summed E-state index contributed by atoms with van der Waals surface area (Å²) < 4.78 is 6.61. The lowest BCUT2D eigenvalue weighted by Crippen LogP contribution is -2.09. The molecule has 1 aromatic carbocycles. The molecule has 2 nitrogen and oxygen atoms in total. The number of hydrogen-bond acceptors (Lipinski definition) is 2. The van der Waals surface area contributed by atoms with E-state index in [-0.39, 0.29) is 0 Å². The molecular formula is C13H20BrNO. The molecule has 16 heavy (non-hydrogen) atoms. The van der Waals surface area contributed by atoms with Crippen molar-refractivity contribution in [3.05, 3.63) is 28.7 Å². The second kappa shape index (κ2) is 8.59. The first-order valence-electron chi connectivity index (χ1n) is 5.90. The van der Waals surface area contributed by atoms with Crippen molar-refractivity contribution in [3.8, 4) is 0 Å². The Hall–Kier alpha value is -0.540. The number of rotatable bonds is 8. The molecule has 0 aliphatic heterocycles. The quantitative estimate of drug-likeness (QED) is 0.727. The maximum Gasteiger partial charge on any atom is 0.0639 e. The number of hydrogen-bond donors (Lipinski definition) is 1. The summed E-state index contributed by atoms with van der Waals surface area (Å²) in [4.78, 5) is 0. The van der Waals surface area contributed by atoms with Gasteiger partial charge < -0.3 is 10.1 Å². The number of ether oxygens (including phenoxy) is 1. The summed E-state index contributed by atoms with van der Waals surface area (Å²) in [5.41, 5.74) is 1.13. The first kappa shape index (κ1) is 13.5. The number of halogens is 1. The van der Waals surface area contributed by atoms with Gasteiger partial charge in [-0.25, -0.2) is 0 Å². The third-order valence-corrected chi connectivity index (χ3v) is 2.79. The molecule has 0 aliphatic carbocycles. The van der Waals surface area contributed by atoms with Crippen molar-refractivity contribution in [2.75, 3.05) is 25.1 Å². The monoisotopic (exact) mass is 285 g/mol. The van der Waals surface area contributed by atoms with Crippen LogP contribution in [0.4, 0.5) is 5.69 Å². The van der Waals surface area contributed by atoms with Crippen molar-refractivity contribution in [3.63, 3.8) is 0 Å². The zero-order valence-electron chi connectivity index (χ0n) is 9.84. The summed E-state index contributed by atoms with van der Waals surface area (Å²) in [5, 5.41) is 3.32. The summed E-state index contributed by atoms with van der Waals surface area (Å²) in [7, 11) is 0. The van der Waals surface area contributed by atoms with Crippen LogP contribution in [0.5, 0.6) is 0 Å². The van der Waals surface area contributed by atoms with Crippen LogP contribution in [0.3, 0.4) is 0 Å². The normalized spacial score (nSPS) is 10.4. The lowest BCUT2D eigenvalue weighted by Gasteiger charge is -2.07. The minimum Gasteiger partial charge on any atom is -0.383 e. The zero-order chi connectivity index (χ0) is 11.6. The van der Waals surface area contributed by atoms with E-state index < -0.39 is 0 Å². The highest BCUT2D eigenvalue weighted by Crippen LogP contribution is 2.15. The molecule has 0 aromatic heterocycles. The topological polar surface area (TPSA) is 21.3 Å². The SMILES string of the molecule is CCCCCOCCNc1cccc(Br)c1. The van der Waals surface area contributed by atoms with E-state index in [2.05, 4.69) is 40.3 Å². The van der Waals surface area contributed by atoms with Gasteiger partial charge in [0.1, 0.15) is 0 Å². The minimum atomic E-state index is 0.774. The molecule has 1 aromatic rings. The maximum absolute atomic E-state index is 5.51. The summed E-state index contributed by atoms with van der Waals surface area (Å²) in [6.45, 7) is 4.72. The Morgan fingerprint density at radius 3 is 2.88 bits per heavy atom. The Kier molecular flexibility index (Phi) is 7.26. The number of nitrogens with one attached hydrogen (secondary N) is 1. The van der Waals surface area contributed by atoms with Crippen LogP contribution in [0, 0.1) is 0 Å². The van der Waals surface area contributed by atoms with Crippen molar-refractivity contribution in [2.45, 2.75) is 26.2 Å². The van der Waals surface area contributed by atoms with E-state index in [0.29, 0.717) is 0 Å². The fourth-order valence-electron chi connectivity index (χ4n) is 1.42. The number of anilines is 1. The van der Waals surface area contributed by atoms with Crippen molar-refractivity contribution < 1.29 is 4.74 Å². The van der Waals surface area contributed by atoms with Gasteiger partial charge in [-0.2, -0.15) is 0 Å². The predicted molar refractivity (Wildman–Crippen MR) is 73.0 cm³/mol. The first-order valence-corrected chi connectivity index (χ1v) is 6.69. The zero-order valence-corrected chi connectivity index (χ0v) is 11.4. The molecular weight excluding hydrogens is 266 g/mol. The molecule has 90 valence electrons. The van der Waals surface area contributed by atoms with Crippen LogP contribution >= 0.6 is 15.9 Å². The smallest absolute Gasteiger partial charge is 0.0639 e. The summed E-state index contributed by atoms with van der Waals surface area (Å²) in [6.07, 6.45) is 3.69. The minimum absolute atomic E-state index is 0.774. The Morgan fingerprint density at radius 2 is 2.12 bits per heavy atom. The van der Waals surface area contributed by atoms with Crippen LogP contribution in [0.25, 0.3) is 0 Å². The third kappa shape index (κ3) is 6.13. The predicted octanol–water partition coefficient (Wildman–Crippen LogP) is 4.07. The molecule has 0 atom stereocenters. The highest BCUT2D eigenvalue weighted by atomic mass is 79.9. The van der Waals surface area contributed by atoms with Gasteiger partial charge in [0.25, 0.3) is 0 Å². The fraction of sp³-hybridized carbons (Fsp3) is 0.538. The van der Waals surface area contributed by atoms with Crippen LogP contribution in [-0.2, 0) is 4.74 Å². The molecule has 0 amide bonds. The Bertz CT molecular complexity index is 291. The molecule has 0 radical (unpaired) electrons. The van der Waals surface area contributed by atoms with Gasteiger partial charge in [0.05, 0.1) is 6.61 Å². The molecule has 0 bridgehead atoms. The van der Waals surface area contributed by atoms with E-state index in [1.54, 1.807) is 0 Å². The molecule has 1 rings (SSSR count). The molecule has 0 saturated heterocycles. The second-order valence-electron chi connectivity index (χ2n) is 3.76. The standard InChI is InChI=1S/C13H20BrNO/c1-2-3-4-9-16-10-8-15-13-7-5-6-12(14)11-13/h5-7,11,15H,2-4,8-10H2,1H3. The fourth-order valence-corrected chi connectivity index (χ4v) is 1.82. The van der Waals surface area contributed by atoms with E-state index in [1.807, 2.05) is 12.1 Å². The lowest BCUT2D eigenvalue weighted by molar-refractivity contribution is 0.140. The summed E-state index contributed by atoms with van der Waals surface area (Å²) in [6, 6.07) is 8.17. The van der Waals surface area contributed by atoms with Gasteiger partial charge in [-0.3, -0.25) is 0 Å². The van der Waals surface area contributed by atoms with Gasteiger partial charge in [0.2, 0.25) is 0 Å². The highest BCUT2D eigenvalue weighted by Gasteiger charge is 1.93. The van der Waals surface area contributed by atoms with Crippen LogP contribution in [0.15, 0.2) is 28.7 Å². The summed E-state index contributed by atoms with van der Waals surface area (Å²) in [5.74, 6) is 0. The second-order valence-corrected chi connectivity index (χ2v) is 4.67. The molecule has 0 unspecified atom stereocenters. The highest BCUT2D eigenvalue weighted by molar-refractivity contribution is 9.10. The Labute approximate surface area is 107 Å². The van der Waals surface area contributed by atoms with E-state index in [4.69, 9.17) is 4.74 Å². The van der Waals surface area contributed by atoms with E-state index >= 15 is 0 Å².